The number of amides is 1. The van der Waals surface area contributed by atoms with Crippen LogP contribution in [0.15, 0.2) is 30.6 Å². The third-order valence-corrected chi connectivity index (χ3v) is 8.85. The maximum atomic E-state index is 14.8. The molecule has 1 saturated carbocycles. The summed E-state index contributed by atoms with van der Waals surface area (Å²) in [6.07, 6.45) is 3.45. The van der Waals surface area contributed by atoms with Gasteiger partial charge < -0.3 is 14.5 Å². The molecule has 0 bridgehead atoms. The quantitative estimate of drug-likeness (QED) is 0.369. The number of alkyl halides is 3. The Labute approximate surface area is 241 Å². The number of hydrogen-bond donors (Lipinski definition) is 1. The Morgan fingerprint density at radius 1 is 1.14 bits per heavy atom. The number of fused-ring (bicyclic) bond motifs is 1. The number of carbonyl (C=O) groups excluding carboxylic acids is 1. The number of halogens is 4. The fourth-order valence-corrected chi connectivity index (χ4v) is 6.39. The lowest BCUT2D eigenvalue weighted by molar-refractivity contribution is -0.141. The zero-order valence-electron chi connectivity index (χ0n) is 23.5. The first-order chi connectivity index (χ1) is 20.2. The lowest BCUT2D eigenvalue weighted by Gasteiger charge is -2.32. The van der Waals surface area contributed by atoms with Crippen LogP contribution >= 0.6 is 0 Å². The molecule has 4 heterocycles. The standard InChI is InChI=1S/C30H34F4N6O2/c1-18-15-35-29(36-16-18)39-8-4-19(5-9-39)24-12-20(24)7-11-42-22-3-2-21(25(31)14-22)13-27(41)40-10-6-23-26(17-40)37-38-28(23)30(32,33)34/h2-3,14-16,19-20,24H,4-13,17H2,1H3,(H,37,38)/t20-,24-/m1/s1. The highest BCUT2D eigenvalue weighted by atomic mass is 19.4. The van der Waals surface area contributed by atoms with Crippen LogP contribution in [0.25, 0.3) is 0 Å². The van der Waals surface area contributed by atoms with E-state index in [1.165, 1.54) is 17.4 Å². The summed E-state index contributed by atoms with van der Waals surface area (Å²) in [7, 11) is 0. The highest BCUT2D eigenvalue weighted by Crippen LogP contribution is 2.50. The van der Waals surface area contributed by atoms with Crippen molar-refractivity contribution < 1.29 is 27.1 Å². The number of nitrogens with one attached hydrogen (secondary N) is 1. The average Bonchev–Trinajstić information content (AvgIpc) is 3.60. The van der Waals surface area contributed by atoms with Gasteiger partial charge in [-0.15, -0.1) is 0 Å². The fraction of sp³-hybridized carbons (Fsp3) is 0.533. The number of nitrogens with zero attached hydrogens (tertiary/aromatic N) is 5. The summed E-state index contributed by atoms with van der Waals surface area (Å²) in [6.45, 7) is 4.56. The van der Waals surface area contributed by atoms with Gasteiger partial charge in [-0.2, -0.15) is 18.3 Å². The van der Waals surface area contributed by atoms with Crippen LogP contribution in [0.1, 0.15) is 53.8 Å². The molecule has 0 spiro atoms. The number of aryl methyl sites for hydroxylation is 1. The Balaban J connectivity index is 0.930. The molecule has 2 atom stereocenters. The Bertz CT molecular complexity index is 1420. The molecule has 1 aliphatic carbocycles. The predicted molar refractivity (Wildman–Crippen MR) is 146 cm³/mol. The van der Waals surface area contributed by atoms with Gasteiger partial charge in [-0.1, -0.05) is 6.07 Å². The maximum absolute atomic E-state index is 14.8. The zero-order valence-corrected chi connectivity index (χ0v) is 23.5. The van der Waals surface area contributed by atoms with Crippen LogP contribution in [-0.2, 0) is 30.4 Å². The highest BCUT2D eigenvalue weighted by Gasteiger charge is 2.43. The van der Waals surface area contributed by atoms with Gasteiger partial charge in [0.25, 0.3) is 0 Å². The van der Waals surface area contributed by atoms with E-state index >= 15 is 0 Å². The van der Waals surface area contributed by atoms with E-state index in [1.807, 2.05) is 19.3 Å². The summed E-state index contributed by atoms with van der Waals surface area (Å²) in [5, 5.41) is 5.79. The van der Waals surface area contributed by atoms with Crippen molar-refractivity contribution >= 4 is 11.9 Å². The van der Waals surface area contributed by atoms with Crippen LogP contribution in [0.2, 0.25) is 0 Å². The normalized spacial score (nSPS) is 20.9. The summed E-state index contributed by atoms with van der Waals surface area (Å²) in [4.78, 5) is 25.4. The number of piperidine rings is 1. The molecule has 1 saturated heterocycles. The first-order valence-electron chi connectivity index (χ1n) is 14.5. The topological polar surface area (TPSA) is 87.2 Å². The monoisotopic (exact) mass is 586 g/mol. The van der Waals surface area contributed by atoms with Crippen LogP contribution in [0.5, 0.6) is 5.75 Å². The Morgan fingerprint density at radius 3 is 2.62 bits per heavy atom. The van der Waals surface area contributed by atoms with Crippen LogP contribution in [0.3, 0.4) is 0 Å². The van der Waals surface area contributed by atoms with E-state index in [4.69, 9.17) is 4.74 Å². The third-order valence-electron chi connectivity index (χ3n) is 8.85. The van der Waals surface area contributed by atoms with Crippen LogP contribution in [-0.4, -0.2) is 57.2 Å². The summed E-state index contributed by atoms with van der Waals surface area (Å²) in [6, 6.07) is 4.51. The van der Waals surface area contributed by atoms with Crippen molar-refractivity contribution in [3.63, 3.8) is 0 Å². The number of H-pyrrole nitrogens is 1. The van der Waals surface area contributed by atoms with Crippen molar-refractivity contribution in [3.8, 4) is 5.75 Å². The molecule has 224 valence electrons. The Morgan fingerprint density at radius 2 is 1.90 bits per heavy atom. The van der Waals surface area contributed by atoms with E-state index in [0.717, 1.165) is 43.9 Å². The molecule has 1 amide bonds. The minimum absolute atomic E-state index is 0.0114. The number of anilines is 1. The Kier molecular flexibility index (Phi) is 7.80. The van der Waals surface area contributed by atoms with E-state index in [0.29, 0.717) is 30.1 Å². The third kappa shape index (κ3) is 6.22. The van der Waals surface area contributed by atoms with Crippen molar-refractivity contribution in [2.75, 3.05) is 31.1 Å². The molecular weight excluding hydrogens is 552 g/mol. The van der Waals surface area contributed by atoms with Gasteiger partial charge in [-0.05, 0) is 74.0 Å². The van der Waals surface area contributed by atoms with E-state index in [9.17, 15) is 22.4 Å². The summed E-state index contributed by atoms with van der Waals surface area (Å²) in [5.74, 6) is 2.40. The molecule has 0 unspecified atom stereocenters. The molecule has 6 rings (SSSR count). The molecule has 2 fully saturated rings. The number of hydrogen-bond acceptors (Lipinski definition) is 6. The van der Waals surface area contributed by atoms with Gasteiger partial charge in [0.1, 0.15) is 11.6 Å². The van der Waals surface area contributed by atoms with Crippen molar-refractivity contribution in [1.29, 1.82) is 0 Å². The highest BCUT2D eigenvalue weighted by molar-refractivity contribution is 5.79. The van der Waals surface area contributed by atoms with Gasteiger partial charge in [0, 0.05) is 43.7 Å². The molecule has 42 heavy (non-hydrogen) atoms. The second-order valence-electron chi connectivity index (χ2n) is 11.7. The van der Waals surface area contributed by atoms with Gasteiger partial charge in [-0.3, -0.25) is 9.89 Å². The van der Waals surface area contributed by atoms with Gasteiger partial charge >= 0.3 is 6.18 Å². The van der Waals surface area contributed by atoms with Gasteiger partial charge in [0.2, 0.25) is 11.9 Å². The number of rotatable bonds is 8. The lowest BCUT2D eigenvalue weighted by Crippen LogP contribution is -2.37. The number of aromatic nitrogens is 4. The van der Waals surface area contributed by atoms with E-state index < -0.39 is 17.7 Å². The summed E-state index contributed by atoms with van der Waals surface area (Å²) in [5.41, 5.74) is 0.715. The van der Waals surface area contributed by atoms with Gasteiger partial charge in [0.05, 0.1) is 25.3 Å². The van der Waals surface area contributed by atoms with Gasteiger partial charge in [-0.25, -0.2) is 14.4 Å². The Hall–Kier alpha value is -3.70. The van der Waals surface area contributed by atoms with Crippen LogP contribution in [0.4, 0.5) is 23.5 Å². The lowest BCUT2D eigenvalue weighted by atomic mass is 9.90. The maximum Gasteiger partial charge on any atom is 0.435 e. The van der Waals surface area contributed by atoms with Crippen molar-refractivity contribution in [2.45, 2.75) is 58.2 Å². The van der Waals surface area contributed by atoms with Crippen molar-refractivity contribution in [3.05, 3.63) is 64.5 Å². The number of aromatic amines is 1. The van der Waals surface area contributed by atoms with E-state index in [1.54, 1.807) is 12.1 Å². The van der Waals surface area contributed by atoms with Crippen LogP contribution in [0, 0.1) is 30.5 Å². The smallest absolute Gasteiger partial charge is 0.435 e. The van der Waals surface area contributed by atoms with Gasteiger partial charge in [0.15, 0.2) is 5.69 Å². The van der Waals surface area contributed by atoms with E-state index in [2.05, 4.69) is 25.1 Å². The molecule has 2 aromatic heterocycles. The fourth-order valence-electron chi connectivity index (χ4n) is 6.39. The number of benzene rings is 1. The number of ether oxygens (including phenoxy) is 1. The molecule has 2 aliphatic heterocycles. The molecule has 1 N–H and O–H groups in total. The average molecular weight is 587 g/mol. The molecule has 3 aliphatic rings. The molecule has 8 nitrogen and oxygen atoms in total. The molecule has 1 aromatic carbocycles. The number of carbonyl (C=O) groups is 1. The SMILES string of the molecule is Cc1cnc(N2CCC([C@H]3C[C@H]3CCOc3ccc(CC(=O)N4CCc5c(C(F)(F)F)n[nH]c5C4)c(F)c3)CC2)nc1. The second-order valence-corrected chi connectivity index (χ2v) is 11.7. The van der Waals surface area contributed by atoms with E-state index in [-0.39, 0.29) is 48.7 Å². The predicted octanol–water partition coefficient (Wildman–Crippen LogP) is 5.12. The minimum atomic E-state index is -4.54. The minimum Gasteiger partial charge on any atom is -0.493 e. The zero-order chi connectivity index (χ0) is 29.4. The summed E-state index contributed by atoms with van der Waals surface area (Å²) >= 11 is 0. The largest absolute Gasteiger partial charge is 0.493 e. The summed E-state index contributed by atoms with van der Waals surface area (Å²) < 4.78 is 59.9. The molecule has 0 radical (unpaired) electrons. The van der Waals surface area contributed by atoms with Crippen molar-refractivity contribution in [1.82, 2.24) is 25.1 Å². The molecular formula is C30H34F4N6O2. The first kappa shape index (κ1) is 28.4. The van der Waals surface area contributed by atoms with Crippen molar-refractivity contribution in [2.24, 2.45) is 17.8 Å². The first-order valence-corrected chi connectivity index (χ1v) is 14.5. The van der Waals surface area contributed by atoms with Crippen LogP contribution < -0.4 is 9.64 Å². The molecule has 3 aromatic rings. The second kappa shape index (κ2) is 11.5. The molecule has 12 heteroatoms.